The maximum Gasteiger partial charge on any atom is 0.270 e. The largest absolute Gasteiger partial charge is 0.482 e. The topological polar surface area (TPSA) is 151 Å². The Kier molecular flexibility index (Phi) is 7.45. The van der Waals surface area contributed by atoms with Crippen molar-refractivity contribution in [1.29, 1.82) is 5.26 Å². The summed E-state index contributed by atoms with van der Waals surface area (Å²) in [7, 11) is 2.77. The van der Waals surface area contributed by atoms with Gasteiger partial charge in [0.05, 0.1) is 15.6 Å². The number of para-hydroxylation sites is 1. The van der Waals surface area contributed by atoms with Gasteiger partial charge in [0.25, 0.3) is 5.69 Å². The molecule has 0 bridgehead atoms. The number of methoxy groups -OCH3 is 2. The molecular weight excluding hydrogens is 442 g/mol. The molecule has 11 nitrogen and oxygen atoms in total. The Hall–Kier alpha value is -3.43. The van der Waals surface area contributed by atoms with E-state index in [1.54, 1.807) is 30.5 Å². The fourth-order valence-electron chi connectivity index (χ4n) is 3.27. The number of benzene rings is 2. The SMILES string of the molecule is COC(OC)C1Oc2ccc([N+](=O)[O-])cc2C(N=C(NC#N)Nc2ccccc2Cl)C1O. The second-order valence-corrected chi connectivity index (χ2v) is 7.06. The van der Waals surface area contributed by atoms with Crippen molar-refractivity contribution in [2.45, 2.75) is 24.5 Å². The zero-order valence-electron chi connectivity index (χ0n) is 17.1. The molecule has 0 radical (unpaired) electrons. The zero-order chi connectivity index (χ0) is 23.3. The number of nitro benzene ring substituents is 1. The lowest BCUT2D eigenvalue weighted by molar-refractivity contribution is -0.385. The molecule has 1 aliphatic rings. The van der Waals surface area contributed by atoms with Crippen molar-refractivity contribution in [3.05, 3.63) is 63.2 Å². The summed E-state index contributed by atoms with van der Waals surface area (Å²) in [6.07, 6.45) is -1.52. The van der Waals surface area contributed by atoms with E-state index >= 15 is 0 Å². The fourth-order valence-corrected chi connectivity index (χ4v) is 3.46. The summed E-state index contributed by atoms with van der Waals surface area (Å²) in [5.74, 6) is 0.224. The quantitative estimate of drug-likeness (QED) is 0.112. The summed E-state index contributed by atoms with van der Waals surface area (Å²) >= 11 is 6.17. The monoisotopic (exact) mass is 461 g/mol. The van der Waals surface area contributed by atoms with E-state index in [0.717, 1.165) is 0 Å². The van der Waals surface area contributed by atoms with Crippen LogP contribution in [0.4, 0.5) is 11.4 Å². The van der Waals surface area contributed by atoms with Gasteiger partial charge in [0.15, 0.2) is 18.6 Å². The number of nitro groups is 1. The van der Waals surface area contributed by atoms with Crippen LogP contribution in [-0.4, -0.2) is 48.7 Å². The summed E-state index contributed by atoms with van der Waals surface area (Å²) in [4.78, 5) is 15.2. The minimum atomic E-state index is -1.34. The minimum Gasteiger partial charge on any atom is -0.482 e. The number of halogens is 1. The molecule has 0 fully saturated rings. The smallest absolute Gasteiger partial charge is 0.270 e. The molecule has 3 rings (SSSR count). The summed E-state index contributed by atoms with van der Waals surface area (Å²) in [6, 6.07) is 9.67. The van der Waals surface area contributed by atoms with Gasteiger partial charge in [-0.25, -0.2) is 4.99 Å². The van der Waals surface area contributed by atoms with Crippen LogP contribution in [0.25, 0.3) is 0 Å². The third-order valence-electron chi connectivity index (χ3n) is 4.75. The van der Waals surface area contributed by atoms with Crippen molar-refractivity contribution in [2.75, 3.05) is 19.5 Å². The number of nitrogens with one attached hydrogen (secondary N) is 2. The molecule has 0 aromatic heterocycles. The first-order valence-corrected chi connectivity index (χ1v) is 9.70. The van der Waals surface area contributed by atoms with Crippen molar-refractivity contribution in [1.82, 2.24) is 5.32 Å². The minimum absolute atomic E-state index is 0.0332. The molecule has 0 saturated heterocycles. The number of aliphatic hydroxyl groups excluding tert-OH is 1. The Balaban J connectivity index is 2.09. The molecule has 3 atom stereocenters. The van der Waals surface area contributed by atoms with Crippen LogP contribution in [0.5, 0.6) is 5.75 Å². The molecule has 0 amide bonds. The van der Waals surface area contributed by atoms with Crippen molar-refractivity contribution in [3.63, 3.8) is 0 Å². The van der Waals surface area contributed by atoms with Crippen LogP contribution in [-0.2, 0) is 9.47 Å². The first-order chi connectivity index (χ1) is 15.4. The standard InChI is InChI=1S/C20H20ClN5O6/c1-30-19(31-2)18-17(27)16(12-9-11(26(28)29)7-8-15(12)32-18)25-20(23-10-22)24-14-6-4-3-5-13(14)21/h3-9,16-19,27H,1-2H3,(H2,23,24,25). The van der Waals surface area contributed by atoms with Gasteiger partial charge in [0.1, 0.15) is 17.9 Å². The number of guanidine groups is 1. The van der Waals surface area contributed by atoms with Gasteiger partial charge in [-0.2, -0.15) is 5.26 Å². The number of nitriles is 1. The average molecular weight is 462 g/mol. The van der Waals surface area contributed by atoms with Crippen molar-refractivity contribution in [3.8, 4) is 11.9 Å². The van der Waals surface area contributed by atoms with Crippen LogP contribution >= 0.6 is 11.6 Å². The van der Waals surface area contributed by atoms with E-state index in [1.807, 2.05) is 0 Å². The van der Waals surface area contributed by atoms with E-state index in [9.17, 15) is 20.5 Å². The van der Waals surface area contributed by atoms with Crippen molar-refractivity contribution >= 4 is 28.9 Å². The highest BCUT2D eigenvalue weighted by Crippen LogP contribution is 2.40. The van der Waals surface area contributed by atoms with E-state index in [2.05, 4.69) is 15.6 Å². The highest BCUT2D eigenvalue weighted by atomic mass is 35.5. The number of aliphatic imine (C=N–C) groups is 1. The van der Waals surface area contributed by atoms with Gasteiger partial charge in [-0.15, -0.1) is 0 Å². The highest BCUT2D eigenvalue weighted by molar-refractivity contribution is 6.33. The number of non-ortho nitro benzene ring substituents is 1. The Morgan fingerprint density at radius 1 is 1.34 bits per heavy atom. The van der Waals surface area contributed by atoms with Crippen LogP contribution in [0.1, 0.15) is 11.6 Å². The summed E-state index contributed by atoms with van der Waals surface area (Å²) in [5, 5.41) is 37.2. The first kappa shape index (κ1) is 23.2. The number of rotatable bonds is 6. The predicted octanol–water partition coefficient (Wildman–Crippen LogP) is 2.57. The molecular formula is C20H20ClN5O6. The van der Waals surface area contributed by atoms with Crippen LogP contribution in [0, 0.1) is 21.6 Å². The van der Waals surface area contributed by atoms with Crippen molar-refractivity contribution < 1.29 is 24.2 Å². The Labute approximate surface area is 188 Å². The molecule has 1 heterocycles. The lowest BCUT2D eigenvalue weighted by atomic mass is 9.93. The zero-order valence-corrected chi connectivity index (χ0v) is 17.8. The third-order valence-corrected chi connectivity index (χ3v) is 5.08. The molecule has 2 aromatic rings. The molecule has 3 N–H and O–H groups in total. The Morgan fingerprint density at radius 2 is 2.06 bits per heavy atom. The fraction of sp³-hybridized carbons (Fsp3) is 0.300. The van der Waals surface area contributed by atoms with Gasteiger partial charge in [-0.1, -0.05) is 23.7 Å². The second-order valence-electron chi connectivity index (χ2n) is 6.66. The Morgan fingerprint density at radius 3 is 2.69 bits per heavy atom. The van der Waals surface area contributed by atoms with E-state index < -0.39 is 29.5 Å². The Bertz CT molecular complexity index is 1060. The summed E-state index contributed by atoms with van der Waals surface area (Å²) in [5.41, 5.74) is 0.508. The molecule has 0 spiro atoms. The van der Waals surface area contributed by atoms with E-state index in [1.165, 1.54) is 32.4 Å². The van der Waals surface area contributed by atoms with Gasteiger partial charge in [0, 0.05) is 31.9 Å². The van der Waals surface area contributed by atoms with Gasteiger partial charge >= 0.3 is 0 Å². The molecule has 32 heavy (non-hydrogen) atoms. The van der Waals surface area contributed by atoms with Gasteiger partial charge in [0.2, 0.25) is 5.96 Å². The van der Waals surface area contributed by atoms with Gasteiger partial charge < -0.3 is 24.6 Å². The number of hydrogen-bond donors (Lipinski definition) is 3. The summed E-state index contributed by atoms with van der Waals surface area (Å²) in [6.45, 7) is 0. The molecule has 0 saturated carbocycles. The maximum absolute atomic E-state index is 11.3. The van der Waals surface area contributed by atoms with Crippen LogP contribution in [0.15, 0.2) is 47.5 Å². The van der Waals surface area contributed by atoms with E-state index in [-0.39, 0.29) is 23.0 Å². The summed E-state index contributed by atoms with van der Waals surface area (Å²) < 4.78 is 16.3. The molecule has 168 valence electrons. The van der Waals surface area contributed by atoms with Crippen LogP contribution in [0.2, 0.25) is 5.02 Å². The lowest BCUT2D eigenvalue weighted by Gasteiger charge is -2.37. The van der Waals surface area contributed by atoms with E-state index in [4.69, 9.17) is 25.8 Å². The number of anilines is 1. The number of fused-ring (bicyclic) bond motifs is 1. The first-order valence-electron chi connectivity index (χ1n) is 9.32. The van der Waals surface area contributed by atoms with Gasteiger partial charge in [-0.05, 0) is 18.2 Å². The van der Waals surface area contributed by atoms with E-state index in [0.29, 0.717) is 10.7 Å². The lowest BCUT2D eigenvalue weighted by Crippen LogP contribution is -2.49. The number of nitrogens with zero attached hydrogens (tertiary/aromatic N) is 3. The maximum atomic E-state index is 11.3. The normalized spacial score (nSPS) is 20.1. The molecule has 1 aliphatic heterocycles. The third kappa shape index (κ3) is 4.90. The second kappa shape index (κ2) is 10.3. The van der Waals surface area contributed by atoms with Gasteiger partial charge in [-0.3, -0.25) is 15.4 Å². The van der Waals surface area contributed by atoms with Crippen molar-refractivity contribution in [2.24, 2.45) is 4.99 Å². The number of ether oxygens (including phenoxy) is 3. The molecule has 12 heteroatoms. The van der Waals surface area contributed by atoms with Crippen LogP contribution in [0.3, 0.4) is 0 Å². The molecule has 2 aromatic carbocycles. The number of aliphatic hydroxyl groups is 1. The average Bonchev–Trinajstić information content (AvgIpc) is 2.78. The molecule has 0 aliphatic carbocycles. The number of hydrogen-bond acceptors (Lipinski definition) is 8. The molecule has 3 unspecified atom stereocenters. The van der Waals surface area contributed by atoms with Crippen LogP contribution < -0.4 is 15.4 Å². The highest BCUT2D eigenvalue weighted by Gasteiger charge is 2.43. The predicted molar refractivity (Wildman–Crippen MR) is 115 cm³/mol.